The lowest BCUT2D eigenvalue weighted by molar-refractivity contribution is 0.111. The summed E-state index contributed by atoms with van der Waals surface area (Å²) in [5, 5.41) is 16.8. The van der Waals surface area contributed by atoms with Crippen molar-refractivity contribution in [2.24, 2.45) is 0 Å². The van der Waals surface area contributed by atoms with E-state index in [1.165, 1.54) is 6.20 Å². The van der Waals surface area contributed by atoms with Crippen LogP contribution in [0.25, 0.3) is 10.9 Å². The molecule has 2 aromatic rings. The molecule has 2 heterocycles. The highest BCUT2D eigenvalue weighted by atomic mass is 16.3. The predicted molar refractivity (Wildman–Crippen MR) is 44.4 cm³/mol. The highest BCUT2D eigenvalue weighted by molar-refractivity contribution is 5.85. The van der Waals surface area contributed by atoms with E-state index in [0.29, 0.717) is 17.2 Å². The molecule has 0 bridgehead atoms. The summed E-state index contributed by atoms with van der Waals surface area (Å²) in [6, 6.07) is 3.21. The van der Waals surface area contributed by atoms with Gasteiger partial charge in [-0.15, -0.1) is 5.10 Å². The van der Waals surface area contributed by atoms with E-state index in [0.717, 1.165) is 0 Å². The van der Waals surface area contributed by atoms with Crippen LogP contribution in [0, 0.1) is 0 Å². The average Bonchev–Trinajstić information content (AvgIpc) is 2.18. The van der Waals surface area contributed by atoms with Crippen LogP contribution in [0.1, 0.15) is 10.5 Å². The number of carbonyl (C=O) groups excluding carboxylic acids is 1. The number of hydrogen-bond acceptors (Lipinski definition) is 5. The highest BCUT2D eigenvalue weighted by Gasteiger charge is 2.03. The van der Waals surface area contributed by atoms with Gasteiger partial charge in [-0.05, 0) is 12.1 Å². The molecule has 2 aromatic heterocycles. The molecule has 0 radical (unpaired) electrons. The average molecular weight is 175 g/mol. The van der Waals surface area contributed by atoms with E-state index in [-0.39, 0.29) is 11.6 Å². The second-order valence-corrected chi connectivity index (χ2v) is 2.46. The van der Waals surface area contributed by atoms with Crippen molar-refractivity contribution in [3.8, 4) is 5.88 Å². The fraction of sp³-hybridized carbons (Fsp3) is 0. The normalized spacial score (nSPS) is 10.2. The second-order valence-electron chi connectivity index (χ2n) is 2.46. The number of aromatic hydroxyl groups is 1. The van der Waals surface area contributed by atoms with E-state index in [1.54, 1.807) is 12.1 Å². The Morgan fingerprint density at radius 3 is 3.00 bits per heavy atom. The zero-order valence-corrected chi connectivity index (χ0v) is 6.51. The molecule has 0 aliphatic heterocycles. The first-order valence-electron chi connectivity index (χ1n) is 3.58. The lowest BCUT2D eigenvalue weighted by Gasteiger charge is -1.97. The number of carbonyl (C=O) groups is 1. The number of aromatic nitrogens is 3. The zero-order valence-electron chi connectivity index (χ0n) is 6.51. The monoisotopic (exact) mass is 175 g/mol. The summed E-state index contributed by atoms with van der Waals surface area (Å²) in [5.74, 6) is -0.263. The Hall–Kier alpha value is -2.04. The molecule has 64 valence electrons. The maximum atomic E-state index is 10.4. The first-order valence-corrected chi connectivity index (χ1v) is 3.58. The van der Waals surface area contributed by atoms with Crippen molar-refractivity contribution < 1.29 is 9.90 Å². The van der Waals surface area contributed by atoms with Crippen LogP contribution in [-0.2, 0) is 0 Å². The molecule has 0 aliphatic rings. The van der Waals surface area contributed by atoms with Crippen LogP contribution in [-0.4, -0.2) is 26.6 Å². The molecule has 5 heteroatoms. The van der Waals surface area contributed by atoms with Crippen LogP contribution >= 0.6 is 0 Å². The summed E-state index contributed by atoms with van der Waals surface area (Å²) in [7, 11) is 0. The predicted octanol–water partition coefficient (Wildman–Crippen LogP) is 0.543. The summed E-state index contributed by atoms with van der Waals surface area (Å²) < 4.78 is 0. The van der Waals surface area contributed by atoms with E-state index in [4.69, 9.17) is 0 Å². The van der Waals surface area contributed by atoms with Crippen LogP contribution in [0.4, 0.5) is 0 Å². The highest BCUT2D eigenvalue weighted by Crippen LogP contribution is 2.17. The molecular formula is C8H5N3O2. The van der Waals surface area contributed by atoms with Crippen molar-refractivity contribution in [2.75, 3.05) is 0 Å². The van der Waals surface area contributed by atoms with E-state index in [9.17, 15) is 9.90 Å². The molecule has 0 fully saturated rings. The van der Waals surface area contributed by atoms with Crippen LogP contribution < -0.4 is 0 Å². The lowest BCUT2D eigenvalue weighted by atomic mass is 10.2. The fourth-order valence-electron chi connectivity index (χ4n) is 1.03. The van der Waals surface area contributed by atoms with E-state index in [1.807, 2.05) is 0 Å². The molecular weight excluding hydrogens is 170 g/mol. The van der Waals surface area contributed by atoms with Crippen LogP contribution in [0.5, 0.6) is 5.88 Å². The van der Waals surface area contributed by atoms with Gasteiger partial charge in [0.15, 0.2) is 6.29 Å². The van der Waals surface area contributed by atoms with Crippen LogP contribution in [0.3, 0.4) is 0 Å². The third kappa shape index (κ3) is 1.20. The topological polar surface area (TPSA) is 76.0 Å². The van der Waals surface area contributed by atoms with Crippen LogP contribution in [0.15, 0.2) is 18.3 Å². The largest absolute Gasteiger partial charge is 0.491 e. The minimum absolute atomic E-state index is 0.260. The van der Waals surface area contributed by atoms with Gasteiger partial charge in [-0.1, -0.05) is 0 Å². The van der Waals surface area contributed by atoms with Gasteiger partial charge in [-0.25, -0.2) is 4.98 Å². The molecule has 0 saturated heterocycles. The lowest BCUT2D eigenvalue weighted by Crippen LogP contribution is -1.90. The summed E-state index contributed by atoms with van der Waals surface area (Å²) in [6.07, 6.45) is 2.08. The van der Waals surface area contributed by atoms with Gasteiger partial charge < -0.3 is 5.11 Å². The van der Waals surface area contributed by atoms with Gasteiger partial charge in [0, 0.05) is 5.39 Å². The number of pyridine rings is 1. The summed E-state index contributed by atoms with van der Waals surface area (Å²) >= 11 is 0. The second kappa shape index (κ2) is 2.78. The van der Waals surface area contributed by atoms with Crippen molar-refractivity contribution in [2.45, 2.75) is 0 Å². The van der Waals surface area contributed by atoms with Gasteiger partial charge >= 0.3 is 0 Å². The summed E-state index contributed by atoms with van der Waals surface area (Å²) in [5.41, 5.74) is 0.551. The standard InChI is InChI=1S/C8H5N3O2/c12-4-6-2-1-5-3-9-11-8(13)7(5)10-6/h1-4H,(H,11,13). The molecule has 0 saturated carbocycles. The molecule has 5 nitrogen and oxygen atoms in total. The molecule has 0 unspecified atom stereocenters. The van der Waals surface area contributed by atoms with Gasteiger partial charge in [0.05, 0.1) is 6.20 Å². The molecule has 0 aliphatic carbocycles. The maximum absolute atomic E-state index is 10.4. The number of aldehydes is 1. The van der Waals surface area contributed by atoms with Crippen molar-refractivity contribution in [3.63, 3.8) is 0 Å². The van der Waals surface area contributed by atoms with Crippen molar-refractivity contribution in [1.82, 2.24) is 15.2 Å². The van der Waals surface area contributed by atoms with Gasteiger partial charge in [0.25, 0.3) is 5.88 Å². The number of fused-ring (bicyclic) bond motifs is 1. The minimum atomic E-state index is -0.263. The molecule has 0 aromatic carbocycles. The Labute approximate surface area is 73.1 Å². The first kappa shape index (κ1) is 7.60. The van der Waals surface area contributed by atoms with Crippen LogP contribution in [0.2, 0.25) is 0 Å². The Morgan fingerprint density at radius 2 is 2.23 bits per heavy atom. The molecule has 0 amide bonds. The molecule has 0 spiro atoms. The van der Waals surface area contributed by atoms with E-state index < -0.39 is 0 Å². The van der Waals surface area contributed by atoms with Gasteiger partial charge in [0.1, 0.15) is 11.2 Å². The summed E-state index contributed by atoms with van der Waals surface area (Å²) in [4.78, 5) is 14.3. The van der Waals surface area contributed by atoms with Crippen molar-refractivity contribution in [1.29, 1.82) is 0 Å². The molecule has 13 heavy (non-hydrogen) atoms. The SMILES string of the molecule is O=Cc1ccc2cnnc(O)c2n1. The van der Waals surface area contributed by atoms with Gasteiger partial charge in [-0.2, -0.15) is 5.10 Å². The molecule has 1 N–H and O–H groups in total. The van der Waals surface area contributed by atoms with Gasteiger partial charge in [0.2, 0.25) is 0 Å². The van der Waals surface area contributed by atoms with Gasteiger partial charge in [-0.3, -0.25) is 4.79 Å². The molecule has 0 atom stereocenters. The fourth-order valence-corrected chi connectivity index (χ4v) is 1.03. The third-order valence-electron chi connectivity index (χ3n) is 1.63. The Morgan fingerprint density at radius 1 is 1.38 bits per heavy atom. The van der Waals surface area contributed by atoms with E-state index in [2.05, 4.69) is 15.2 Å². The number of nitrogens with zero attached hydrogens (tertiary/aromatic N) is 3. The number of hydrogen-bond donors (Lipinski definition) is 1. The first-order chi connectivity index (χ1) is 6.31. The zero-order chi connectivity index (χ0) is 9.26. The Bertz CT molecular complexity index is 470. The Balaban J connectivity index is 2.81. The van der Waals surface area contributed by atoms with Crippen molar-refractivity contribution in [3.05, 3.63) is 24.0 Å². The quantitative estimate of drug-likeness (QED) is 0.640. The third-order valence-corrected chi connectivity index (χ3v) is 1.63. The maximum Gasteiger partial charge on any atom is 0.257 e. The Kier molecular flexibility index (Phi) is 1.63. The summed E-state index contributed by atoms with van der Waals surface area (Å²) in [6.45, 7) is 0. The minimum Gasteiger partial charge on any atom is -0.491 e. The van der Waals surface area contributed by atoms with E-state index >= 15 is 0 Å². The van der Waals surface area contributed by atoms with Crippen molar-refractivity contribution >= 4 is 17.2 Å². The molecule has 2 rings (SSSR count). The number of rotatable bonds is 1. The smallest absolute Gasteiger partial charge is 0.257 e.